The fourth-order valence-corrected chi connectivity index (χ4v) is 3.69. The number of amides is 1. The lowest BCUT2D eigenvalue weighted by Crippen LogP contribution is -2.15. The Morgan fingerprint density at radius 3 is 2.58 bits per heavy atom. The molecular weight excluding hydrogens is 440 g/mol. The minimum absolute atomic E-state index is 0.138. The number of ether oxygens (including phenoxy) is 3. The molecule has 0 saturated carbocycles. The van der Waals surface area contributed by atoms with Gasteiger partial charge in [0.15, 0.2) is 11.0 Å². The quantitative estimate of drug-likeness (QED) is 0.479. The summed E-state index contributed by atoms with van der Waals surface area (Å²) in [5.41, 5.74) is 1.52. The van der Waals surface area contributed by atoms with Gasteiger partial charge in [0, 0.05) is 19.2 Å². The smallest absolute Gasteiger partial charge is 0.234 e. The van der Waals surface area contributed by atoms with Crippen LogP contribution < -0.4 is 19.5 Å². The van der Waals surface area contributed by atoms with Gasteiger partial charge in [-0.1, -0.05) is 41.6 Å². The third-order valence-corrected chi connectivity index (χ3v) is 5.77. The number of nitrogens with one attached hydrogen (secondary N) is 1. The van der Waals surface area contributed by atoms with E-state index in [9.17, 15) is 4.79 Å². The van der Waals surface area contributed by atoms with Crippen LogP contribution in [0.25, 0.3) is 0 Å². The third kappa shape index (κ3) is 5.62. The first-order valence-electron chi connectivity index (χ1n) is 9.33. The highest BCUT2D eigenvalue weighted by Crippen LogP contribution is 2.36. The van der Waals surface area contributed by atoms with E-state index in [4.69, 9.17) is 25.8 Å². The van der Waals surface area contributed by atoms with E-state index in [0.717, 1.165) is 11.3 Å². The van der Waals surface area contributed by atoms with Gasteiger partial charge in [0.2, 0.25) is 5.91 Å². The lowest BCUT2D eigenvalue weighted by molar-refractivity contribution is -0.113. The number of hydrogen-bond donors (Lipinski definition) is 1. The number of methoxy groups -OCH3 is 2. The molecular formula is C21H23ClN4O4S. The van der Waals surface area contributed by atoms with Crippen LogP contribution >= 0.6 is 23.4 Å². The maximum atomic E-state index is 12.5. The monoisotopic (exact) mass is 462 g/mol. The molecule has 0 aliphatic heterocycles. The SMILES string of the molecule is COc1cc(NC(=O)CSc2nnc(COc3ccccc3C)n2C)c(OC)cc1Cl. The molecule has 0 saturated heterocycles. The Kier molecular flexibility index (Phi) is 7.64. The first-order valence-corrected chi connectivity index (χ1v) is 10.7. The number of carbonyl (C=O) groups is 1. The van der Waals surface area contributed by atoms with E-state index in [2.05, 4.69) is 15.5 Å². The lowest BCUT2D eigenvalue weighted by Gasteiger charge is -2.13. The average Bonchev–Trinajstić information content (AvgIpc) is 3.12. The molecule has 0 unspecified atom stereocenters. The predicted octanol–water partition coefficient (Wildman–Crippen LogP) is 4.10. The van der Waals surface area contributed by atoms with Crippen LogP contribution in [0.1, 0.15) is 11.4 Å². The molecule has 1 N–H and O–H groups in total. The fraction of sp³-hybridized carbons (Fsp3) is 0.286. The summed E-state index contributed by atoms with van der Waals surface area (Å²) in [6, 6.07) is 11.0. The number of rotatable bonds is 9. The van der Waals surface area contributed by atoms with E-state index in [1.54, 1.807) is 12.1 Å². The highest BCUT2D eigenvalue weighted by molar-refractivity contribution is 7.99. The Balaban J connectivity index is 1.59. The van der Waals surface area contributed by atoms with Gasteiger partial charge in [0.25, 0.3) is 0 Å². The van der Waals surface area contributed by atoms with Crippen molar-refractivity contribution in [2.75, 3.05) is 25.3 Å². The fourth-order valence-electron chi connectivity index (χ4n) is 2.73. The number of aryl methyl sites for hydroxylation is 1. The molecule has 1 aromatic heterocycles. The van der Waals surface area contributed by atoms with Crippen molar-refractivity contribution in [1.82, 2.24) is 14.8 Å². The second kappa shape index (κ2) is 10.4. The first-order chi connectivity index (χ1) is 14.9. The van der Waals surface area contributed by atoms with Crippen LogP contribution in [-0.4, -0.2) is 40.6 Å². The Morgan fingerprint density at radius 1 is 1.13 bits per heavy atom. The standard InChI is InChI=1S/C21H23ClN4O4S/c1-13-7-5-6-8-16(13)30-11-19-24-25-21(26(19)2)31-12-20(27)23-15-10-17(28-3)14(22)9-18(15)29-4/h5-10H,11-12H2,1-4H3,(H,23,27). The molecule has 0 fully saturated rings. The summed E-state index contributed by atoms with van der Waals surface area (Å²) < 4.78 is 18.1. The van der Waals surface area contributed by atoms with Crippen LogP contribution in [0, 0.1) is 6.92 Å². The van der Waals surface area contributed by atoms with E-state index in [-0.39, 0.29) is 18.3 Å². The van der Waals surface area contributed by atoms with Gasteiger partial charge in [0.1, 0.15) is 23.9 Å². The third-order valence-electron chi connectivity index (χ3n) is 4.46. The number of nitrogens with zero attached hydrogens (tertiary/aromatic N) is 3. The van der Waals surface area contributed by atoms with Gasteiger partial charge in [0.05, 0.1) is 30.7 Å². The minimum atomic E-state index is -0.228. The normalized spacial score (nSPS) is 10.6. The van der Waals surface area contributed by atoms with Crippen molar-refractivity contribution in [3.63, 3.8) is 0 Å². The second-order valence-corrected chi connectivity index (χ2v) is 7.89. The molecule has 10 heteroatoms. The molecule has 1 heterocycles. The van der Waals surface area contributed by atoms with Gasteiger partial charge < -0.3 is 24.1 Å². The van der Waals surface area contributed by atoms with E-state index >= 15 is 0 Å². The summed E-state index contributed by atoms with van der Waals surface area (Å²) in [6.07, 6.45) is 0. The van der Waals surface area contributed by atoms with Gasteiger partial charge in [-0.25, -0.2) is 0 Å². The van der Waals surface area contributed by atoms with Crippen LogP contribution in [-0.2, 0) is 18.4 Å². The van der Waals surface area contributed by atoms with Crippen LogP contribution in [0.2, 0.25) is 5.02 Å². The molecule has 3 rings (SSSR count). The number of para-hydroxylation sites is 1. The van der Waals surface area contributed by atoms with Crippen molar-refractivity contribution in [2.45, 2.75) is 18.7 Å². The maximum absolute atomic E-state index is 12.5. The molecule has 3 aromatic rings. The molecule has 0 aliphatic carbocycles. The van der Waals surface area contributed by atoms with Crippen LogP contribution in [0.4, 0.5) is 5.69 Å². The van der Waals surface area contributed by atoms with Crippen molar-refractivity contribution in [2.24, 2.45) is 7.05 Å². The Labute approximate surface area is 189 Å². The Bertz CT molecular complexity index is 1070. The summed E-state index contributed by atoms with van der Waals surface area (Å²) in [6.45, 7) is 2.26. The zero-order chi connectivity index (χ0) is 22.4. The number of thioether (sulfide) groups is 1. The van der Waals surface area contributed by atoms with Gasteiger partial charge in [-0.3, -0.25) is 4.79 Å². The number of anilines is 1. The van der Waals surface area contributed by atoms with Crippen molar-refractivity contribution in [3.05, 3.63) is 52.8 Å². The van der Waals surface area contributed by atoms with Crippen molar-refractivity contribution in [3.8, 4) is 17.2 Å². The van der Waals surface area contributed by atoms with E-state index in [0.29, 0.717) is 33.2 Å². The van der Waals surface area contributed by atoms with Crippen molar-refractivity contribution in [1.29, 1.82) is 0 Å². The van der Waals surface area contributed by atoms with Gasteiger partial charge >= 0.3 is 0 Å². The summed E-state index contributed by atoms with van der Waals surface area (Å²) in [4.78, 5) is 12.5. The maximum Gasteiger partial charge on any atom is 0.234 e. The number of carbonyl (C=O) groups excluding carboxylic acids is 1. The number of aromatic nitrogens is 3. The highest BCUT2D eigenvalue weighted by Gasteiger charge is 2.15. The molecule has 164 valence electrons. The van der Waals surface area contributed by atoms with Crippen LogP contribution in [0.15, 0.2) is 41.6 Å². The topological polar surface area (TPSA) is 87.5 Å². The molecule has 0 atom stereocenters. The molecule has 2 aromatic carbocycles. The number of benzene rings is 2. The van der Waals surface area contributed by atoms with Gasteiger partial charge in [-0.05, 0) is 18.6 Å². The van der Waals surface area contributed by atoms with E-state index in [1.807, 2.05) is 42.8 Å². The first kappa shape index (κ1) is 22.8. The van der Waals surface area contributed by atoms with Crippen LogP contribution in [0.3, 0.4) is 0 Å². The average molecular weight is 463 g/mol. The van der Waals surface area contributed by atoms with Gasteiger partial charge in [-0.15, -0.1) is 10.2 Å². The number of halogens is 1. The largest absolute Gasteiger partial charge is 0.495 e. The van der Waals surface area contributed by atoms with Crippen molar-refractivity contribution >= 4 is 35.0 Å². The molecule has 0 spiro atoms. The summed E-state index contributed by atoms with van der Waals surface area (Å²) in [5.74, 6) is 2.25. The molecule has 0 bridgehead atoms. The van der Waals surface area contributed by atoms with E-state index < -0.39 is 0 Å². The lowest BCUT2D eigenvalue weighted by atomic mass is 10.2. The second-order valence-electron chi connectivity index (χ2n) is 6.54. The van der Waals surface area contributed by atoms with E-state index in [1.165, 1.54) is 26.0 Å². The minimum Gasteiger partial charge on any atom is -0.495 e. The highest BCUT2D eigenvalue weighted by atomic mass is 35.5. The Hall–Kier alpha value is -2.91. The Morgan fingerprint density at radius 2 is 1.87 bits per heavy atom. The zero-order valence-corrected chi connectivity index (χ0v) is 19.2. The molecule has 31 heavy (non-hydrogen) atoms. The van der Waals surface area contributed by atoms with Crippen molar-refractivity contribution < 1.29 is 19.0 Å². The summed E-state index contributed by atoms with van der Waals surface area (Å²) in [7, 11) is 4.84. The molecule has 1 amide bonds. The summed E-state index contributed by atoms with van der Waals surface area (Å²) >= 11 is 7.37. The predicted molar refractivity (Wildman–Crippen MR) is 120 cm³/mol. The van der Waals surface area contributed by atoms with Crippen LogP contribution in [0.5, 0.6) is 17.2 Å². The molecule has 0 radical (unpaired) electrons. The zero-order valence-electron chi connectivity index (χ0n) is 17.6. The molecule has 8 nitrogen and oxygen atoms in total. The molecule has 0 aliphatic rings. The number of hydrogen-bond acceptors (Lipinski definition) is 7. The summed E-state index contributed by atoms with van der Waals surface area (Å²) in [5, 5.41) is 12.1. The van der Waals surface area contributed by atoms with Gasteiger partial charge in [-0.2, -0.15) is 0 Å².